The summed E-state index contributed by atoms with van der Waals surface area (Å²) in [5, 5.41) is 0. The average molecular weight is 227 g/mol. The van der Waals surface area contributed by atoms with Crippen LogP contribution >= 0.6 is 0 Å². The highest BCUT2D eigenvalue weighted by Crippen LogP contribution is 2.15. The summed E-state index contributed by atoms with van der Waals surface area (Å²) in [5.41, 5.74) is 11.4. The summed E-state index contributed by atoms with van der Waals surface area (Å²) in [6.07, 6.45) is 5.27. The topological polar surface area (TPSA) is 26.0 Å². The van der Waals surface area contributed by atoms with Crippen molar-refractivity contribution in [2.75, 3.05) is 5.73 Å². The van der Waals surface area contributed by atoms with Gasteiger partial charge in [-0.1, -0.05) is 36.4 Å². The van der Waals surface area contributed by atoms with Gasteiger partial charge >= 0.3 is 0 Å². The van der Waals surface area contributed by atoms with Gasteiger partial charge in [-0.3, -0.25) is 0 Å². The third-order valence-electron chi connectivity index (χ3n) is 2.83. The van der Waals surface area contributed by atoms with E-state index in [1.54, 1.807) is 0 Å². The Hall–Kier alpha value is -1.76. The highest BCUT2D eigenvalue weighted by Gasteiger charge is 1.98. The molecule has 0 bridgehead atoms. The van der Waals surface area contributed by atoms with Gasteiger partial charge in [0.15, 0.2) is 0 Å². The second kappa shape index (κ2) is 6.09. The highest BCUT2D eigenvalue weighted by atomic mass is 14.5. The molecule has 0 fully saturated rings. The van der Waals surface area contributed by atoms with Gasteiger partial charge in [0.05, 0.1) is 0 Å². The lowest BCUT2D eigenvalue weighted by Crippen LogP contribution is -1.91. The first-order valence-electron chi connectivity index (χ1n) is 5.86. The number of allylic oxidation sites excluding steroid dienone is 5. The van der Waals surface area contributed by atoms with Crippen LogP contribution in [0.4, 0.5) is 5.69 Å². The number of nitrogens with two attached hydrogens (primary N) is 1. The molecule has 1 heteroatoms. The second-order valence-corrected chi connectivity index (χ2v) is 4.39. The van der Waals surface area contributed by atoms with E-state index in [9.17, 15) is 0 Å². The van der Waals surface area contributed by atoms with Gasteiger partial charge in [0.2, 0.25) is 0 Å². The summed E-state index contributed by atoms with van der Waals surface area (Å²) < 4.78 is 0. The van der Waals surface area contributed by atoms with Crippen LogP contribution in [0.3, 0.4) is 0 Å². The molecule has 0 aliphatic carbocycles. The molecule has 0 aliphatic rings. The van der Waals surface area contributed by atoms with Gasteiger partial charge in [-0.15, -0.1) is 0 Å². The maximum atomic E-state index is 5.67. The van der Waals surface area contributed by atoms with Gasteiger partial charge in [-0.2, -0.15) is 0 Å². The van der Waals surface area contributed by atoms with Crippen LogP contribution in [0, 0.1) is 0 Å². The Morgan fingerprint density at radius 2 is 1.82 bits per heavy atom. The van der Waals surface area contributed by atoms with Crippen LogP contribution in [0.1, 0.15) is 26.3 Å². The molecule has 0 saturated carbocycles. The molecule has 0 saturated heterocycles. The van der Waals surface area contributed by atoms with E-state index < -0.39 is 0 Å². The Kier molecular flexibility index (Phi) is 4.77. The minimum absolute atomic E-state index is 0.810. The van der Waals surface area contributed by atoms with E-state index in [2.05, 4.69) is 44.7 Å². The lowest BCUT2D eigenvalue weighted by atomic mass is 10.0. The van der Waals surface area contributed by atoms with Gasteiger partial charge < -0.3 is 5.73 Å². The lowest BCUT2D eigenvalue weighted by molar-refractivity contribution is 1.17. The molecule has 1 aromatic rings. The van der Waals surface area contributed by atoms with Crippen LogP contribution in [0.15, 0.2) is 59.7 Å². The number of rotatable bonds is 4. The first-order valence-corrected chi connectivity index (χ1v) is 5.86. The van der Waals surface area contributed by atoms with E-state index in [0.29, 0.717) is 0 Å². The smallest absolute Gasteiger partial charge is 0.0314 e. The van der Waals surface area contributed by atoms with Crippen molar-refractivity contribution in [3.63, 3.8) is 0 Å². The van der Waals surface area contributed by atoms with E-state index in [1.165, 1.54) is 16.7 Å². The molecule has 0 radical (unpaired) electrons. The molecule has 0 amide bonds. The lowest BCUT2D eigenvalue weighted by Gasteiger charge is -2.05. The molecule has 17 heavy (non-hydrogen) atoms. The molecular weight excluding hydrogens is 206 g/mol. The van der Waals surface area contributed by atoms with Crippen molar-refractivity contribution >= 4 is 5.69 Å². The maximum absolute atomic E-state index is 5.67. The quantitative estimate of drug-likeness (QED) is 0.603. The maximum Gasteiger partial charge on any atom is 0.0314 e. The third kappa shape index (κ3) is 4.31. The summed E-state index contributed by atoms with van der Waals surface area (Å²) in [7, 11) is 0. The van der Waals surface area contributed by atoms with Crippen molar-refractivity contribution in [3.05, 3.63) is 65.3 Å². The fraction of sp³-hybridized carbons (Fsp3) is 0.250. The van der Waals surface area contributed by atoms with Crippen molar-refractivity contribution in [2.24, 2.45) is 0 Å². The van der Waals surface area contributed by atoms with Gasteiger partial charge in [0.25, 0.3) is 0 Å². The van der Waals surface area contributed by atoms with Gasteiger partial charge in [0, 0.05) is 5.69 Å². The first kappa shape index (κ1) is 13.3. The van der Waals surface area contributed by atoms with Crippen molar-refractivity contribution in [1.82, 2.24) is 0 Å². The Bertz CT molecular complexity index is 447. The fourth-order valence-electron chi connectivity index (χ4n) is 1.51. The van der Waals surface area contributed by atoms with Crippen LogP contribution in [-0.4, -0.2) is 0 Å². The van der Waals surface area contributed by atoms with Crippen molar-refractivity contribution in [3.8, 4) is 0 Å². The monoisotopic (exact) mass is 227 g/mol. The zero-order chi connectivity index (χ0) is 12.8. The van der Waals surface area contributed by atoms with E-state index >= 15 is 0 Å². The van der Waals surface area contributed by atoms with Crippen LogP contribution < -0.4 is 5.73 Å². The zero-order valence-corrected chi connectivity index (χ0v) is 11.0. The number of benzene rings is 1. The second-order valence-electron chi connectivity index (χ2n) is 4.39. The minimum atomic E-state index is 0.810. The number of anilines is 1. The van der Waals surface area contributed by atoms with E-state index in [-0.39, 0.29) is 0 Å². The third-order valence-corrected chi connectivity index (χ3v) is 2.83. The molecule has 0 aliphatic heterocycles. The summed E-state index contributed by atoms with van der Waals surface area (Å²) in [4.78, 5) is 0. The molecule has 2 N–H and O–H groups in total. The standard InChI is InChI=1S/C16H21N/c1-5-14(10-13(4)12(2)3)11-15-6-8-16(17)9-7-15/h5-10H,2,11,17H2,1,3-4H3/b13-10-,14-5+. The van der Waals surface area contributed by atoms with Gasteiger partial charge in [-0.25, -0.2) is 0 Å². The van der Waals surface area contributed by atoms with Gasteiger partial charge in [-0.05, 0) is 56.0 Å². The number of nitrogen functional groups attached to an aromatic ring is 1. The molecule has 0 spiro atoms. The summed E-state index contributed by atoms with van der Waals surface area (Å²) in [5.74, 6) is 0. The number of hydrogen-bond acceptors (Lipinski definition) is 1. The summed E-state index contributed by atoms with van der Waals surface area (Å²) >= 11 is 0. The largest absolute Gasteiger partial charge is 0.399 e. The minimum Gasteiger partial charge on any atom is -0.399 e. The SMILES string of the molecule is C=C(C)/C(C)=C\C(=C/C)Cc1ccc(N)cc1. The van der Waals surface area contributed by atoms with E-state index in [1.807, 2.05) is 19.1 Å². The summed E-state index contributed by atoms with van der Waals surface area (Å²) in [6.45, 7) is 10.1. The highest BCUT2D eigenvalue weighted by molar-refractivity contribution is 5.42. The predicted octanol–water partition coefficient (Wildman–Crippen LogP) is 4.28. The average Bonchev–Trinajstić information content (AvgIpc) is 2.30. The van der Waals surface area contributed by atoms with Crippen molar-refractivity contribution in [2.45, 2.75) is 27.2 Å². The molecule has 90 valence electrons. The zero-order valence-electron chi connectivity index (χ0n) is 11.0. The van der Waals surface area contributed by atoms with E-state index in [0.717, 1.165) is 17.7 Å². The Morgan fingerprint density at radius 3 is 2.29 bits per heavy atom. The molecule has 0 heterocycles. The molecule has 1 nitrogen and oxygen atoms in total. The van der Waals surface area contributed by atoms with Crippen LogP contribution in [0.5, 0.6) is 0 Å². The predicted molar refractivity (Wildman–Crippen MR) is 76.9 cm³/mol. The van der Waals surface area contributed by atoms with Crippen LogP contribution in [0.2, 0.25) is 0 Å². The molecule has 0 aromatic heterocycles. The first-order chi connectivity index (χ1) is 8.02. The van der Waals surface area contributed by atoms with Gasteiger partial charge in [0.1, 0.15) is 0 Å². The molecule has 1 rings (SSSR count). The summed E-state index contributed by atoms with van der Waals surface area (Å²) in [6, 6.07) is 8.03. The molecule has 0 atom stereocenters. The Balaban J connectivity index is 2.82. The molecule has 1 aromatic carbocycles. The Labute approximate surface area is 104 Å². The Morgan fingerprint density at radius 1 is 1.24 bits per heavy atom. The van der Waals surface area contributed by atoms with Crippen LogP contribution in [-0.2, 0) is 6.42 Å². The van der Waals surface area contributed by atoms with Crippen LogP contribution in [0.25, 0.3) is 0 Å². The normalized spacial score (nSPS) is 12.6. The van der Waals surface area contributed by atoms with E-state index in [4.69, 9.17) is 5.73 Å². The fourth-order valence-corrected chi connectivity index (χ4v) is 1.51. The molecular formula is C16H21N. The number of hydrogen-bond donors (Lipinski definition) is 1. The molecule has 0 unspecified atom stereocenters. The van der Waals surface area contributed by atoms with Crippen molar-refractivity contribution in [1.29, 1.82) is 0 Å². The van der Waals surface area contributed by atoms with Crippen molar-refractivity contribution < 1.29 is 0 Å².